The third-order valence-electron chi connectivity index (χ3n) is 3.70. The minimum atomic E-state index is -0.250. The van der Waals surface area contributed by atoms with Crippen LogP contribution in [0.1, 0.15) is 5.82 Å². The summed E-state index contributed by atoms with van der Waals surface area (Å²) < 4.78 is 0. The van der Waals surface area contributed by atoms with Gasteiger partial charge in [-0.15, -0.1) is 0 Å². The zero-order valence-electron chi connectivity index (χ0n) is 13.9. The fourth-order valence-electron chi connectivity index (χ4n) is 2.55. The van der Waals surface area contributed by atoms with Crippen LogP contribution >= 0.6 is 23.2 Å². The van der Waals surface area contributed by atoms with Crippen LogP contribution in [0.5, 0.6) is 0 Å². The van der Waals surface area contributed by atoms with E-state index in [1.165, 1.54) is 0 Å². The fourth-order valence-corrected chi connectivity index (χ4v) is 2.89. The Labute approximate surface area is 159 Å². The van der Waals surface area contributed by atoms with Gasteiger partial charge in [-0.25, -0.2) is 4.98 Å². The Hall–Kier alpha value is -2.41. The zero-order valence-corrected chi connectivity index (χ0v) is 15.4. The van der Waals surface area contributed by atoms with Crippen molar-refractivity contribution in [1.82, 2.24) is 14.9 Å². The van der Waals surface area contributed by atoms with Crippen molar-refractivity contribution in [3.63, 3.8) is 0 Å². The highest BCUT2D eigenvalue weighted by Gasteiger charge is 2.12. The highest BCUT2D eigenvalue weighted by molar-refractivity contribution is 6.35. The van der Waals surface area contributed by atoms with Gasteiger partial charge >= 0.3 is 0 Å². The van der Waals surface area contributed by atoms with Gasteiger partial charge in [-0.3, -0.25) is 14.5 Å². The number of nitrogens with one attached hydrogen (secondary N) is 2. The molecule has 1 aromatic heterocycles. The molecule has 0 spiro atoms. The molecule has 8 heteroatoms. The standard InChI is InChI=1S/C18H16Cl2N4O2/c1-24(10-17(25)22-15-8-11(19)6-7-13(15)20)9-16-21-14-5-3-2-4-12(14)18(26)23-16/h2-8H,9-10H2,1H3,(H,22,25)(H,21,23,26). The number of benzene rings is 2. The number of anilines is 1. The Morgan fingerprint density at radius 2 is 2.00 bits per heavy atom. The Bertz CT molecular complexity index is 1020. The number of para-hydroxylation sites is 1. The molecule has 1 amide bonds. The van der Waals surface area contributed by atoms with E-state index in [4.69, 9.17) is 23.2 Å². The average Bonchev–Trinajstić information content (AvgIpc) is 2.58. The summed E-state index contributed by atoms with van der Waals surface area (Å²) >= 11 is 12.0. The molecule has 1 heterocycles. The van der Waals surface area contributed by atoms with Crippen LogP contribution in [-0.4, -0.2) is 34.4 Å². The molecule has 0 aliphatic heterocycles. The van der Waals surface area contributed by atoms with Crippen LogP contribution in [0, 0.1) is 0 Å². The monoisotopic (exact) mass is 390 g/mol. The molecule has 3 rings (SSSR count). The third kappa shape index (κ3) is 4.40. The number of fused-ring (bicyclic) bond motifs is 1. The highest BCUT2D eigenvalue weighted by atomic mass is 35.5. The largest absolute Gasteiger partial charge is 0.324 e. The molecule has 0 aliphatic carbocycles. The number of aromatic nitrogens is 2. The van der Waals surface area contributed by atoms with Gasteiger partial charge in [0.2, 0.25) is 5.91 Å². The zero-order chi connectivity index (χ0) is 18.7. The van der Waals surface area contributed by atoms with E-state index in [0.29, 0.717) is 39.0 Å². The first-order valence-corrected chi connectivity index (χ1v) is 8.59. The fraction of sp³-hybridized carbons (Fsp3) is 0.167. The van der Waals surface area contributed by atoms with Gasteiger partial charge in [0.1, 0.15) is 5.82 Å². The summed E-state index contributed by atoms with van der Waals surface area (Å²) in [4.78, 5) is 33.2. The number of rotatable bonds is 5. The number of hydrogen-bond acceptors (Lipinski definition) is 4. The van der Waals surface area contributed by atoms with Crippen molar-refractivity contribution in [2.24, 2.45) is 0 Å². The maximum absolute atomic E-state index is 12.2. The van der Waals surface area contributed by atoms with E-state index in [1.807, 2.05) is 6.07 Å². The van der Waals surface area contributed by atoms with Crippen molar-refractivity contribution in [1.29, 1.82) is 0 Å². The van der Waals surface area contributed by atoms with Crippen LogP contribution in [0.25, 0.3) is 10.9 Å². The lowest BCUT2D eigenvalue weighted by molar-refractivity contribution is -0.117. The van der Waals surface area contributed by atoms with Crippen molar-refractivity contribution in [2.45, 2.75) is 6.54 Å². The van der Waals surface area contributed by atoms with Crippen LogP contribution in [0.15, 0.2) is 47.3 Å². The number of aromatic amines is 1. The molecular weight excluding hydrogens is 375 g/mol. The van der Waals surface area contributed by atoms with Gasteiger partial charge in [-0.2, -0.15) is 0 Å². The van der Waals surface area contributed by atoms with E-state index in [2.05, 4.69) is 15.3 Å². The first-order chi connectivity index (χ1) is 12.4. The predicted molar refractivity (Wildman–Crippen MR) is 104 cm³/mol. The topological polar surface area (TPSA) is 78.1 Å². The van der Waals surface area contributed by atoms with Gasteiger partial charge in [0.15, 0.2) is 0 Å². The summed E-state index contributed by atoms with van der Waals surface area (Å²) in [6, 6.07) is 12.0. The minimum Gasteiger partial charge on any atom is -0.324 e. The van der Waals surface area contributed by atoms with Crippen LogP contribution < -0.4 is 10.9 Å². The molecule has 2 N–H and O–H groups in total. The summed E-state index contributed by atoms with van der Waals surface area (Å²) in [6.45, 7) is 0.413. The van der Waals surface area contributed by atoms with Gasteiger partial charge in [-0.1, -0.05) is 35.3 Å². The summed E-state index contributed by atoms with van der Waals surface area (Å²) in [5, 5.41) is 4.14. The van der Waals surface area contributed by atoms with Crippen molar-refractivity contribution in [3.05, 3.63) is 68.7 Å². The first-order valence-electron chi connectivity index (χ1n) is 7.84. The normalized spacial score (nSPS) is 11.1. The molecule has 0 bridgehead atoms. The number of amides is 1. The Kier molecular flexibility index (Phi) is 5.56. The number of halogens is 2. The number of nitrogens with zero attached hydrogens (tertiary/aromatic N) is 2. The third-order valence-corrected chi connectivity index (χ3v) is 4.26. The Morgan fingerprint density at radius 1 is 1.23 bits per heavy atom. The molecule has 0 radical (unpaired) electrons. The smallest absolute Gasteiger partial charge is 0.258 e. The second kappa shape index (κ2) is 7.86. The van der Waals surface area contributed by atoms with Crippen LogP contribution in [-0.2, 0) is 11.3 Å². The summed E-state index contributed by atoms with van der Waals surface area (Å²) in [7, 11) is 1.76. The number of likely N-dealkylation sites (N-methyl/N-ethyl adjacent to an activating group) is 1. The molecular formula is C18H16Cl2N4O2. The number of hydrogen-bond donors (Lipinski definition) is 2. The van der Waals surface area contributed by atoms with E-state index < -0.39 is 0 Å². The second-order valence-corrected chi connectivity index (χ2v) is 6.72. The quantitative estimate of drug-likeness (QED) is 0.700. The average molecular weight is 391 g/mol. The molecule has 0 aliphatic rings. The number of H-pyrrole nitrogens is 1. The van der Waals surface area contributed by atoms with Gasteiger partial charge < -0.3 is 10.3 Å². The van der Waals surface area contributed by atoms with Crippen LogP contribution in [0.3, 0.4) is 0 Å². The maximum atomic E-state index is 12.2. The Balaban J connectivity index is 1.67. The van der Waals surface area contributed by atoms with Crippen molar-refractivity contribution < 1.29 is 4.79 Å². The Morgan fingerprint density at radius 3 is 2.81 bits per heavy atom. The van der Waals surface area contributed by atoms with Crippen LogP contribution in [0.4, 0.5) is 5.69 Å². The van der Waals surface area contributed by atoms with Gasteiger partial charge in [0.05, 0.1) is 34.7 Å². The maximum Gasteiger partial charge on any atom is 0.258 e. The lowest BCUT2D eigenvalue weighted by Gasteiger charge is -2.16. The molecule has 6 nitrogen and oxygen atoms in total. The van der Waals surface area contributed by atoms with Gasteiger partial charge in [-0.05, 0) is 37.4 Å². The van der Waals surface area contributed by atoms with Crippen molar-refractivity contribution >= 4 is 45.7 Å². The van der Waals surface area contributed by atoms with E-state index >= 15 is 0 Å². The lowest BCUT2D eigenvalue weighted by atomic mass is 10.2. The second-order valence-electron chi connectivity index (χ2n) is 5.87. The molecule has 0 saturated heterocycles. The van der Waals surface area contributed by atoms with Gasteiger partial charge in [0, 0.05) is 5.02 Å². The molecule has 2 aromatic carbocycles. The first kappa shape index (κ1) is 18.4. The van der Waals surface area contributed by atoms with E-state index in [9.17, 15) is 9.59 Å². The van der Waals surface area contributed by atoms with E-state index in [1.54, 1.807) is 48.3 Å². The number of carbonyl (C=O) groups is 1. The highest BCUT2D eigenvalue weighted by Crippen LogP contribution is 2.25. The molecule has 0 atom stereocenters. The molecule has 3 aromatic rings. The van der Waals surface area contributed by atoms with E-state index in [0.717, 1.165) is 0 Å². The van der Waals surface area contributed by atoms with Crippen LogP contribution in [0.2, 0.25) is 10.0 Å². The summed E-state index contributed by atoms with van der Waals surface area (Å²) in [6.07, 6.45) is 0. The number of carbonyl (C=O) groups excluding carboxylic acids is 1. The molecule has 0 unspecified atom stereocenters. The van der Waals surface area contributed by atoms with Gasteiger partial charge in [0.25, 0.3) is 5.56 Å². The lowest BCUT2D eigenvalue weighted by Crippen LogP contribution is -2.31. The van der Waals surface area contributed by atoms with E-state index in [-0.39, 0.29) is 18.0 Å². The molecule has 0 fully saturated rings. The molecule has 134 valence electrons. The minimum absolute atomic E-state index is 0.0966. The summed E-state index contributed by atoms with van der Waals surface area (Å²) in [5.41, 5.74) is 0.874. The summed E-state index contributed by atoms with van der Waals surface area (Å²) in [5.74, 6) is 0.240. The SMILES string of the molecule is CN(CC(=O)Nc1cc(Cl)ccc1Cl)Cc1nc2ccccc2c(=O)[nH]1. The van der Waals surface area contributed by atoms with Crippen molar-refractivity contribution in [3.8, 4) is 0 Å². The molecule has 26 heavy (non-hydrogen) atoms. The molecule has 0 saturated carbocycles. The predicted octanol–water partition coefficient (Wildman–Crippen LogP) is 3.30. The van der Waals surface area contributed by atoms with Crippen molar-refractivity contribution in [2.75, 3.05) is 18.9 Å².